The second-order valence-corrected chi connectivity index (χ2v) is 16.2. The van der Waals surface area contributed by atoms with Gasteiger partial charge in [0.2, 0.25) is 0 Å². The van der Waals surface area contributed by atoms with Crippen molar-refractivity contribution in [3.63, 3.8) is 0 Å². The third-order valence-electron chi connectivity index (χ3n) is 6.54. The summed E-state index contributed by atoms with van der Waals surface area (Å²) in [6.45, 7) is 9.95. The van der Waals surface area contributed by atoms with Crippen molar-refractivity contribution in [2.45, 2.75) is 56.2 Å². The molecule has 0 fully saturated rings. The predicted octanol–water partition coefficient (Wildman–Crippen LogP) is 3.19. The normalized spacial score (nSPS) is 12.8. The van der Waals surface area contributed by atoms with Crippen molar-refractivity contribution in [3.8, 4) is 0 Å². The van der Waals surface area contributed by atoms with Crippen molar-refractivity contribution in [2.75, 3.05) is 6.26 Å². The number of rotatable bonds is 6. The summed E-state index contributed by atoms with van der Waals surface area (Å²) < 4.78 is 93.8. The second kappa shape index (κ2) is 9.87. The van der Waals surface area contributed by atoms with Gasteiger partial charge in [-0.1, -0.05) is 18.2 Å². The minimum atomic E-state index is -4.59. The van der Waals surface area contributed by atoms with Gasteiger partial charge in [-0.05, 0) is 117 Å². The van der Waals surface area contributed by atoms with Crippen LogP contribution in [0.25, 0.3) is 0 Å². The van der Waals surface area contributed by atoms with Crippen LogP contribution < -0.4 is 15.9 Å². The standard InChI is InChI=1S/C25H29O8PS3/c1-14-8-20(11-23(17(14)4)35(7,26)27)34(21-9-15(2)18(5)24(12-21)36(28,29)30)22-10-16(3)19(6)25(13-22)37(31,32)33/h8-13H,1-7H3,(H,28,29,30)(H,31,32,33). The molecule has 8 nitrogen and oxygen atoms in total. The monoisotopic (exact) mass is 584 g/mol. The van der Waals surface area contributed by atoms with E-state index in [1.165, 1.54) is 18.2 Å². The van der Waals surface area contributed by atoms with Crippen LogP contribution in [0, 0.1) is 41.5 Å². The molecule has 0 bridgehead atoms. The van der Waals surface area contributed by atoms with E-state index in [0.29, 0.717) is 49.3 Å². The molecular weight excluding hydrogens is 555 g/mol. The zero-order chi connectivity index (χ0) is 28.2. The van der Waals surface area contributed by atoms with Crippen molar-refractivity contribution < 1.29 is 34.4 Å². The summed E-state index contributed by atoms with van der Waals surface area (Å²) in [5.41, 5.74) is 3.11. The molecule has 0 saturated carbocycles. The highest BCUT2D eigenvalue weighted by atomic mass is 32.2. The summed E-state index contributed by atoms with van der Waals surface area (Å²) in [5, 5.41) is 1.45. The van der Waals surface area contributed by atoms with Crippen molar-refractivity contribution in [3.05, 3.63) is 69.8 Å². The Kier molecular flexibility index (Phi) is 7.85. The van der Waals surface area contributed by atoms with E-state index in [1.54, 1.807) is 59.7 Å². The molecule has 0 aliphatic rings. The number of sulfone groups is 1. The van der Waals surface area contributed by atoms with Gasteiger partial charge in [0.25, 0.3) is 20.2 Å². The van der Waals surface area contributed by atoms with E-state index < -0.39 is 38.0 Å². The maximum atomic E-state index is 12.6. The van der Waals surface area contributed by atoms with Gasteiger partial charge in [0.1, 0.15) is 0 Å². The first-order valence-electron chi connectivity index (χ1n) is 11.0. The highest BCUT2D eigenvalue weighted by Crippen LogP contribution is 2.38. The van der Waals surface area contributed by atoms with E-state index in [-0.39, 0.29) is 14.7 Å². The fourth-order valence-corrected chi connectivity index (χ4v) is 9.79. The zero-order valence-corrected chi connectivity index (χ0v) is 24.8. The van der Waals surface area contributed by atoms with E-state index >= 15 is 0 Å². The molecule has 0 radical (unpaired) electrons. The van der Waals surface area contributed by atoms with Crippen molar-refractivity contribution in [1.29, 1.82) is 0 Å². The minimum Gasteiger partial charge on any atom is -0.282 e. The van der Waals surface area contributed by atoms with Crippen LogP contribution in [-0.4, -0.2) is 40.6 Å². The molecule has 0 atom stereocenters. The van der Waals surface area contributed by atoms with E-state index in [9.17, 15) is 34.4 Å². The summed E-state index contributed by atoms with van der Waals surface area (Å²) in [6.07, 6.45) is 1.10. The van der Waals surface area contributed by atoms with Crippen LogP contribution in [-0.2, 0) is 30.1 Å². The molecule has 2 N–H and O–H groups in total. The molecular formula is C25H29O8PS3. The van der Waals surface area contributed by atoms with Crippen molar-refractivity contribution in [2.24, 2.45) is 0 Å². The molecule has 37 heavy (non-hydrogen) atoms. The van der Waals surface area contributed by atoms with E-state index in [2.05, 4.69) is 0 Å². The Hall–Kier alpha value is -2.14. The van der Waals surface area contributed by atoms with Crippen LogP contribution in [0.3, 0.4) is 0 Å². The van der Waals surface area contributed by atoms with Crippen LogP contribution in [0.5, 0.6) is 0 Å². The number of hydrogen-bond acceptors (Lipinski definition) is 6. The second-order valence-electron chi connectivity index (χ2n) is 9.22. The average Bonchev–Trinajstić information content (AvgIpc) is 2.72. The fourth-order valence-electron chi connectivity index (χ4n) is 4.18. The third kappa shape index (κ3) is 5.97. The molecule has 200 valence electrons. The number of benzene rings is 3. The lowest BCUT2D eigenvalue weighted by atomic mass is 10.1. The van der Waals surface area contributed by atoms with Crippen LogP contribution >= 0.6 is 7.92 Å². The van der Waals surface area contributed by atoms with Gasteiger partial charge < -0.3 is 0 Å². The molecule has 0 amide bonds. The zero-order valence-electron chi connectivity index (χ0n) is 21.5. The first-order chi connectivity index (χ1) is 16.7. The van der Waals surface area contributed by atoms with Gasteiger partial charge in [0, 0.05) is 6.26 Å². The number of hydrogen-bond donors (Lipinski definition) is 2. The maximum Gasteiger partial charge on any atom is 0.294 e. The molecule has 3 aromatic carbocycles. The summed E-state index contributed by atoms with van der Waals surface area (Å²) in [4.78, 5) is -0.477. The third-order valence-corrected chi connectivity index (χ3v) is 12.0. The molecule has 0 heterocycles. The average molecular weight is 585 g/mol. The highest BCUT2D eigenvalue weighted by molar-refractivity contribution is 7.91. The first kappa shape index (κ1) is 29.4. The lowest BCUT2D eigenvalue weighted by molar-refractivity contribution is 0.480. The van der Waals surface area contributed by atoms with E-state index in [0.717, 1.165) is 6.26 Å². The topological polar surface area (TPSA) is 143 Å². The Balaban J connectivity index is 2.54. The number of aryl methyl sites for hydroxylation is 3. The summed E-state index contributed by atoms with van der Waals surface area (Å²) >= 11 is 0. The molecule has 0 saturated heterocycles. The Labute approximate surface area is 219 Å². The van der Waals surface area contributed by atoms with Crippen LogP contribution in [0.1, 0.15) is 33.4 Å². The fraction of sp³-hybridized carbons (Fsp3) is 0.280. The maximum absolute atomic E-state index is 12.6. The van der Waals surface area contributed by atoms with Crippen LogP contribution in [0.4, 0.5) is 0 Å². The van der Waals surface area contributed by atoms with E-state index in [4.69, 9.17) is 0 Å². The van der Waals surface area contributed by atoms with Gasteiger partial charge in [0.05, 0.1) is 14.7 Å². The quantitative estimate of drug-likeness (QED) is 0.332. The van der Waals surface area contributed by atoms with Gasteiger partial charge in [0.15, 0.2) is 9.84 Å². The first-order valence-corrected chi connectivity index (χ1v) is 17.1. The van der Waals surface area contributed by atoms with E-state index in [1.807, 2.05) is 0 Å². The van der Waals surface area contributed by atoms with Gasteiger partial charge >= 0.3 is 0 Å². The van der Waals surface area contributed by atoms with Gasteiger partial charge in [-0.3, -0.25) is 9.11 Å². The molecule has 3 aromatic rings. The Morgan fingerprint density at radius 3 is 1.05 bits per heavy atom. The Morgan fingerprint density at radius 1 is 0.514 bits per heavy atom. The van der Waals surface area contributed by atoms with Gasteiger partial charge in [-0.25, -0.2) is 8.42 Å². The van der Waals surface area contributed by atoms with Crippen LogP contribution in [0.15, 0.2) is 51.1 Å². The summed E-state index contributed by atoms with van der Waals surface area (Å²) in [7, 11) is -14.5. The predicted molar refractivity (Wildman–Crippen MR) is 146 cm³/mol. The largest absolute Gasteiger partial charge is 0.294 e. The van der Waals surface area contributed by atoms with Gasteiger partial charge in [-0.15, -0.1) is 0 Å². The van der Waals surface area contributed by atoms with Crippen LogP contribution in [0.2, 0.25) is 0 Å². The highest BCUT2D eigenvalue weighted by Gasteiger charge is 2.27. The Morgan fingerprint density at radius 2 is 0.784 bits per heavy atom. The molecule has 0 aromatic heterocycles. The smallest absolute Gasteiger partial charge is 0.282 e. The molecule has 0 aliphatic carbocycles. The van der Waals surface area contributed by atoms with Crippen molar-refractivity contribution >= 4 is 53.9 Å². The molecule has 3 rings (SSSR count). The molecule has 0 aliphatic heterocycles. The molecule has 0 unspecified atom stereocenters. The lowest BCUT2D eigenvalue weighted by Gasteiger charge is -2.24. The minimum absolute atomic E-state index is 0.104. The Bertz CT molecular complexity index is 1550. The summed E-state index contributed by atoms with van der Waals surface area (Å²) in [5.74, 6) is 0. The van der Waals surface area contributed by atoms with Gasteiger partial charge in [-0.2, -0.15) is 16.8 Å². The van der Waals surface area contributed by atoms with Crippen molar-refractivity contribution in [1.82, 2.24) is 0 Å². The summed E-state index contributed by atoms with van der Waals surface area (Å²) in [6, 6.07) is 9.47. The SMILES string of the molecule is Cc1cc(P(c2cc(C)c(C)c(S(=O)(=O)O)c2)c2cc(C)c(C)c(S(=O)(=O)O)c2)cc(S(C)(=O)=O)c1C. The molecule has 0 spiro atoms. The molecule has 12 heteroatoms. The lowest BCUT2D eigenvalue weighted by Crippen LogP contribution is -2.25.